The van der Waals surface area contributed by atoms with Gasteiger partial charge < -0.3 is 5.11 Å². The van der Waals surface area contributed by atoms with E-state index in [2.05, 4.69) is 10.1 Å². The summed E-state index contributed by atoms with van der Waals surface area (Å²) < 4.78 is 59.0. The third-order valence-electron chi connectivity index (χ3n) is 5.56. The molecule has 0 saturated heterocycles. The number of aliphatic hydroxyl groups is 1. The molecule has 1 atom stereocenters. The summed E-state index contributed by atoms with van der Waals surface area (Å²) >= 11 is 0. The van der Waals surface area contributed by atoms with Gasteiger partial charge in [-0.05, 0) is 41.3 Å². The van der Waals surface area contributed by atoms with Gasteiger partial charge >= 0.3 is 6.18 Å². The Bertz CT molecular complexity index is 1450. The lowest BCUT2D eigenvalue weighted by Gasteiger charge is -2.32. The van der Waals surface area contributed by atoms with Crippen LogP contribution in [0.3, 0.4) is 0 Å². The average Bonchev–Trinajstić information content (AvgIpc) is 3.22. The highest BCUT2D eigenvalue weighted by Crippen LogP contribution is 2.47. The van der Waals surface area contributed by atoms with Gasteiger partial charge in [-0.3, -0.25) is 4.98 Å². The summed E-state index contributed by atoms with van der Waals surface area (Å²) in [6, 6.07) is 15.1. The Labute approximate surface area is 179 Å². The van der Waals surface area contributed by atoms with Gasteiger partial charge in [0.05, 0.1) is 17.4 Å². The molecule has 160 valence electrons. The molecule has 1 N–H and O–H groups in total. The van der Waals surface area contributed by atoms with Crippen molar-refractivity contribution in [3.8, 4) is 5.69 Å². The van der Waals surface area contributed by atoms with Crippen LogP contribution in [0.1, 0.15) is 11.1 Å². The Morgan fingerprint density at radius 1 is 0.844 bits per heavy atom. The van der Waals surface area contributed by atoms with Crippen LogP contribution < -0.4 is 0 Å². The smallest absolute Gasteiger partial charge is 0.372 e. The molecule has 0 aliphatic heterocycles. The number of aromatic nitrogens is 3. The molecule has 2 aromatic heterocycles. The average molecular weight is 437 g/mol. The van der Waals surface area contributed by atoms with Gasteiger partial charge in [-0.15, -0.1) is 0 Å². The van der Waals surface area contributed by atoms with Crippen molar-refractivity contribution in [3.63, 3.8) is 0 Å². The van der Waals surface area contributed by atoms with Crippen molar-refractivity contribution >= 4 is 21.7 Å². The zero-order valence-electron chi connectivity index (χ0n) is 16.4. The second-order valence-electron chi connectivity index (χ2n) is 7.38. The van der Waals surface area contributed by atoms with Crippen molar-refractivity contribution in [1.82, 2.24) is 14.8 Å². The highest BCUT2D eigenvalue weighted by Gasteiger charge is 2.57. The van der Waals surface area contributed by atoms with Gasteiger partial charge in [-0.2, -0.15) is 18.3 Å². The summed E-state index contributed by atoms with van der Waals surface area (Å²) in [5.41, 5.74) is -2.93. The fourth-order valence-electron chi connectivity index (χ4n) is 4.00. The van der Waals surface area contributed by atoms with Crippen LogP contribution in [0.25, 0.3) is 27.4 Å². The lowest BCUT2D eigenvalue weighted by Crippen LogP contribution is -2.43. The Morgan fingerprint density at radius 2 is 1.56 bits per heavy atom. The van der Waals surface area contributed by atoms with Crippen molar-refractivity contribution in [2.24, 2.45) is 0 Å². The van der Waals surface area contributed by atoms with Crippen molar-refractivity contribution in [2.75, 3.05) is 0 Å². The van der Waals surface area contributed by atoms with Gasteiger partial charge in [-0.1, -0.05) is 36.4 Å². The minimum absolute atomic E-state index is 0.000685. The molecular formula is C24H15F4N3O. The first-order chi connectivity index (χ1) is 15.3. The summed E-state index contributed by atoms with van der Waals surface area (Å²) in [5, 5.41) is 15.8. The number of nitrogens with zero attached hydrogens (tertiary/aromatic N) is 3. The van der Waals surface area contributed by atoms with Crippen LogP contribution in [0.5, 0.6) is 0 Å². The Hall–Kier alpha value is -3.78. The van der Waals surface area contributed by atoms with Crippen LogP contribution in [0.4, 0.5) is 17.6 Å². The summed E-state index contributed by atoms with van der Waals surface area (Å²) in [7, 11) is 0. The maximum atomic E-state index is 14.4. The lowest BCUT2D eigenvalue weighted by atomic mass is 9.82. The van der Waals surface area contributed by atoms with E-state index < -0.39 is 23.2 Å². The van der Waals surface area contributed by atoms with Crippen LogP contribution in [0.15, 0.2) is 85.3 Å². The second-order valence-corrected chi connectivity index (χ2v) is 7.38. The first kappa shape index (κ1) is 20.1. The molecule has 32 heavy (non-hydrogen) atoms. The second kappa shape index (κ2) is 7.13. The maximum Gasteiger partial charge on any atom is 0.425 e. The van der Waals surface area contributed by atoms with Gasteiger partial charge in [-0.25, -0.2) is 9.07 Å². The Kier molecular flexibility index (Phi) is 4.49. The topological polar surface area (TPSA) is 50.9 Å². The summed E-state index contributed by atoms with van der Waals surface area (Å²) in [6.07, 6.45) is -0.473. The third-order valence-corrected chi connectivity index (χ3v) is 5.56. The van der Waals surface area contributed by atoms with E-state index in [0.29, 0.717) is 16.6 Å². The van der Waals surface area contributed by atoms with E-state index in [9.17, 15) is 22.7 Å². The van der Waals surface area contributed by atoms with Crippen LogP contribution in [0.2, 0.25) is 0 Å². The van der Waals surface area contributed by atoms with Gasteiger partial charge in [0.2, 0.25) is 5.60 Å². The lowest BCUT2D eigenvalue weighted by molar-refractivity contribution is -0.247. The fraction of sp³-hybridized carbons (Fsp3) is 0.0833. The van der Waals surface area contributed by atoms with Crippen molar-refractivity contribution in [1.29, 1.82) is 0 Å². The molecule has 0 amide bonds. The molecule has 0 spiro atoms. The first-order valence-electron chi connectivity index (χ1n) is 9.66. The molecule has 0 fully saturated rings. The van der Waals surface area contributed by atoms with Gasteiger partial charge in [0, 0.05) is 28.7 Å². The largest absolute Gasteiger partial charge is 0.425 e. The van der Waals surface area contributed by atoms with E-state index in [0.717, 1.165) is 12.1 Å². The van der Waals surface area contributed by atoms with Gasteiger partial charge in [0.25, 0.3) is 0 Å². The predicted octanol–water partition coefficient (Wildman–Crippen LogP) is 5.51. The van der Waals surface area contributed by atoms with E-state index in [4.69, 9.17) is 0 Å². The van der Waals surface area contributed by atoms with Crippen molar-refractivity contribution in [3.05, 3.63) is 102 Å². The first-order valence-corrected chi connectivity index (χ1v) is 9.66. The molecule has 0 aliphatic carbocycles. The van der Waals surface area contributed by atoms with Crippen LogP contribution >= 0.6 is 0 Å². The van der Waals surface area contributed by atoms with Crippen LogP contribution in [0, 0.1) is 5.82 Å². The van der Waals surface area contributed by atoms with E-state index in [1.54, 1.807) is 29.2 Å². The summed E-state index contributed by atoms with van der Waals surface area (Å²) in [6.45, 7) is 0. The third kappa shape index (κ3) is 2.95. The number of alkyl halides is 3. The quantitative estimate of drug-likeness (QED) is 0.379. The van der Waals surface area contributed by atoms with Crippen LogP contribution in [-0.4, -0.2) is 26.0 Å². The number of benzene rings is 3. The summed E-state index contributed by atoms with van der Waals surface area (Å²) in [5.74, 6) is -0.664. The molecule has 0 bridgehead atoms. The van der Waals surface area contributed by atoms with Crippen molar-refractivity contribution < 1.29 is 22.7 Å². The van der Waals surface area contributed by atoms with E-state index in [1.165, 1.54) is 48.7 Å². The monoisotopic (exact) mass is 437 g/mol. The molecule has 3 aromatic carbocycles. The fourth-order valence-corrected chi connectivity index (χ4v) is 4.00. The molecule has 4 nitrogen and oxygen atoms in total. The molecule has 0 aliphatic rings. The minimum atomic E-state index is -5.07. The molecule has 5 aromatic rings. The molecule has 8 heteroatoms. The SMILES string of the molecule is OC(c1ccc2c(cnn2-c2ccncc2)c1)(c1ccc(F)c2ccccc12)C(F)(F)F. The number of hydrogen-bond acceptors (Lipinski definition) is 3. The Balaban J connectivity index is 1.74. The number of rotatable bonds is 3. The van der Waals surface area contributed by atoms with Gasteiger partial charge in [0.15, 0.2) is 0 Å². The van der Waals surface area contributed by atoms with Crippen LogP contribution in [-0.2, 0) is 5.60 Å². The molecule has 0 radical (unpaired) electrons. The number of hydrogen-bond donors (Lipinski definition) is 1. The zero-order valence-corrected chi connectivity index (χ0v) is 16.4. The van der Waals surface area contributed by atoms with E-state index in [-0.39, 0.29) is 16.3 Å². The highest BCUT2D eigenvalue weighted by atomic mass is 19.4. The number of fused-ring (bicyclic) bond motifs is 2. The molecule has 0 saturated carbocycles. The number of pyridine rings is 1. The summed E-state index contributed by atoms with van der Waals surface area (Å²) in [4.78, 5) is 3.95. The molecule has 5 rings (SSSR count). The zero-order chi connectivity index (χ0) is 22.5. The maximum absolute atomic E-state index is 14.4. The number of halogens is 4. The van der Waals surface area contributed by atoms with Crippen molar-refractivity contribution in [2.45, 2.75) is 11.8 Å². The molecule has 2 heterocycles. The Morgan fingerprint density at radius 3 is 2.28 bits per heavy atom. The van der Waals surface area contributed by atoms with E-state index >= 15 is 0 Å². The highest BCUT2D eigenvalue weighted by molar-refractivity contribution is 5.88. The van der Waals surface area contributed by atoms with Gasteiger partial charge in [0.1, 0.15) is 5.82 Å². The minimum Gasteiger partial charge on any atom is -0.372 e. The molecular weight excluding hydrogens is 422 g/mol. The van der Waals surface area contributed by atoms with E-state index in [1.807, 2.05) is 0 Å². The standard InChI is InChI=1S/C24H15F4N3O/c25-21-7-6-20(18-3-1-2-4-19(18)21)23(32,24(26,27)28)16-5-8-22-15(13-16)14-30-31(22)17-9-11-29-12-10-17/h1-14,32H. The predicted molar refractivity (Wildman–Crippen MR) is 112 cm³/mol. The normalized spacial score (nSPS) is 14.0. The molecule has 1 unspecified atom stereocenters.